The van der Waals surface area contributed by atoms with Gasteiger partial charge in [-0.25, -0.2) is 0 Å². The molecule has 0 aliphatic heterocycles. The molecule has 0 heterocycles. The number of unbranched alkanes of at least 4 members (excludes halogenated alkanes) is 3. The fraction of sp³-hybridized carbons (Fsp3) is 0.733. The van der Waals surface area contributed by atoms with Gasteiger partial charge in [0.2, 0.25) is 0 Å². The number of rotatable bonds is 9. The second-order valence-electron chi connectivity index (χ2n) is 4.80. The first kappa shape index (κ1) is 15.9. The molecule has 0 bridgehead atoms. The lowest BCUT2D eigenvalue weighted by atomic mass is 10.0. The number of methoxy groups -OCH3 is 1. The van der Waals surface area contributed by atoms with Crippen LogP contribution in [0, 0.1) is 0 Å². The molecule has 4 nitrogen and oxygen atoms in total. The van der Waals surface area contributed by atoms with Crippen LogP contribution in [0.5, 0.6) is 0 Å². The van der Waals surface area contributed by atoms with E-state index in [9.17, 15) is 9.59 Å². The second-order valence-corrected chi connectivity index (χ2v) is 4.80. The summed E-state index contributed by atoms with van der Waals surface area (Å²) in [5.41, 5.74) is 0.923. The number of carbonyl (C=O) groups excluding carboxylic acids is 2. The van der Waals surface area contributed by atoms with Crippen molar-refractivity contribution in [2.24, 2.45) is 0 Å². The van der Waals surface area contributed by atoms with Crippen molar-refractivity contribution in [2.45, 2.75) is 58.0 Å². The second kappa shape index (κ2) is 8.86. The number of hydrogen-bond donors (Lipinski definition) is 0. The zero-order valence-electron chi connectivity index (χ0n) is 11.9. The lowest BCUT2D eigenvalue weighted by molar-refractivity contribution is -0.140. The van der Waals surface area contributed by atoms with Crippen LogP contribution in [-0.4, -0.2) is 31.6 Å². The molecule has 0 amide bonds. The third-order valence-corrected chi connectivity index (χ3v) is 3.32. The maximum Gasteiger partial charge on any atom is 0.305 e. The maximum absolute atomic E-state index is 11.7. The molecule has 1 aliphatic rings. The lowest BCUT2D eigenvalue weighted by Crippen LogP contribution is -2.08. The SMILES string of the molecule is CCOC1C=C(CCCCCCC(=O)OC)C(=O)C1. The fourth-order valence-electron chi connectivity index (χ4n) is 2.27. The maximum atomic E-state index is 11.7. The van der Waals surface area contributed by atoms with Crippen molar-refractivity contribution in [3.63, 3.8) is 0 Å². The predicted molar refractivity (Wildman–Crippen MR) is 72.8 cm³/mol. The van der Waals surface area contributed by atoms with Crippen LogP contribution < -0.4 is 0 Å². The molecule has 1 aliphatic carbocycles. The van der Waals surface area contributed by atoms with Crippen molar-refractivity contribution >= 4 is 11.8 Å². The minimum Gasteiger partial charge on any atom is -0.469 e. The van der Waals surface area contributed by atoms with E-state index in [1.165, 1.54) is 7.11 Å². The number of Topliss-reactive ketones (excluding diaryl/α,β-unsaturated/α-hetero) is 1. The van der Waals surface area contributed by atoms with Crippen LogP contribution in [0.3, 0.4) is 0 Å². The van der Waals surface area contributed by atoms with E-state index in [0.717, 1.165) is 37.7 Å². The van der Waals surface area contributed by atoms with Crippen molar-refractivity contribution in [3.05, 3.63) is 11.6 Å². The summed E-state index contributed by atoms with van der Waals surface area (Å²) in [5.74, 6) is 0.0845. The predicted octanol–water partition coefficient (Wildman–Crippen LogP) is 2.80. The Kier molecular flexibility index (Phi) is 7.41. The first-order valence-corrected chi connectivity index (χ1v) is 7.09. The van der Waals surface area contributed by atoms with Gasteiger partial charge in [-0.2, -0.15) is 0 Å². The smallest absolute Gasteiger partial charge is 0.305 e. The van der Waals surface area contributed by atoms with E-state index in [1.807, 2.05) is 13.0 Å². The van der Waals surface area contributed by atoms with E-state index in [2.05, 4.69) is 4.74 Å². The molecule has 0 aromatic rings. The number of ketones is 1. The largest absolute Gasteiger partial charge is 0.469 e. The topological polar surface area (TPSA) is 52.6 Å². The van der Waals surface area contributed by atoms with Crippen LogP contribution in [0.1, 0.15) is 51.9 Å². The van der Waals surface area contributed by atoms with E-state index in [4.69, 9.17) is 4.74 Å². The van der Waals surface area contributed by atoms with Crippen LogP contribution in [-0.2, 0) is 19.1 Å². The summed E-state index contributed by atoms with van der Waals surface area (Å²) in [7, 11) is 1.41. The molecule has 0 saturated heterocycles. The lowest BCUT2D eigenvalue weighted by Gasteiger charge is -2.04. The Labute approximate surface area is 115 Å². The highest BCUT2D eigenvalue weighted by atomic mass is 16.5. The quantitative estimate of drug-likeness (QED) is 0.476. The summed E-state index contributed by atoms with van der Waals surface area (Å²) >= 11 is 0. The van der Waals surface area contributed by atoms with E-state index in [1.54, 1.807) is 0 Å². The van der Waals surface area contributed by atoms with Gasteiger partial charge in [-0.1, -0.05) is 12.8 Å². The van der Waals surface area contributed by atoms with Crippen LogP contribution in [0.25, 0.3) is 0 Å². The van der Waals surface area contributed by atoms with Gasteiger partial charge in [0, 0.05) is 19.4 Å². The summed E-state index contributed by atoms with van der Waals surface area (Å²) in [5, 5.41) is 0. The molecule has 0 radical (unpaired) electrons. The molecule has 0 fully saturated rings. The normalized spacial score (nSPS) is 18.5. The fourth-order valence-corrected chi connectivity index (χ4v) is 2.27. The molecular formula is C15H24O4. The van der Waals surface area contributed by atoms with Crippen molar-refractivity contribution in [3.8, 4) is 0 Å². The Hall–Kier alpha value is -1.16. The third-order valence-electron chi connectivity index (χ3n) is 3.32. The molecule has 19 heavy (non-hydrogen) atoms. The van der Waals surface area contributed by atoms with Crippen molar-refractivity contribution in [1.82, 2.24) is 0 Å². The van der Waals surface area contributed by atoms with Crippen molar-refractivity contribution in [2.75, 3.05) is 13.7 Å². The summed E-state index contributed by atoms with van der Waals surface area (Å²) in [4.78, 5) is 22.6. The van der Waals surface area contributed by atoms with Crippen LogP contribution in [0.2, 0.25) is 0 Å². The molecule has 108 valence electrons. The van der Waals surface area contributed by atoms with Crippen molar-refractivity contribution in [1.29, 1.82) is 0 Å². The number of carbonyl (C=O) groups is 2. The molecule has 0 saturated carbocycles. The Morgan fingerprint density at radius 3 is 2.74 bits per heavy atom. The van der Waals surface area contributed by atoms with Gasteiger partial charge in [0.1, 0.15) is 0 Å². The van der Waals surface area contributed by atoms with Gasteiger partial charge in [0.25, 0.3) is 0 Å². The van der Waals surface area contributed by atoms with Gasteiger partial charge < -0.3 is 9.47 Å². The van der Waals surface area contributed by atoms with Crippen LogP contribution in [0.15, 0.2) is 11.6 Å². The average Bonchev–Trinajstić information content (AvgIpc) is 2.74. The van der Waals surface area contributed by atoms with Gasteiger partial charge in [0.15, 0.2) is 5.78 Å². The number of esters is 1. The van der Waals surface area contributed by atoms with Gasteiger partial charge >= 0.3 is 5.97 Å². The number of allylic oxidation sites excluding steroid dienone is 1. The third kappa shape index (κ3) is 6.01. The van der Waals surface area contributed by atoms with E-state index in [0.29, 0.717) is 19.4 Å². The highest BCUT2D eigenvalue weighted by Crippen LogP contribution is 2.22. The van der Waals surface area contributed by atoms with Gasteiger partial charge in [-0.05, 0) is 37.8 Å². The summed E-state index contributed by atoms with van der Waals surface area (Å²) in [6.07, 6.45) is 7.70. The Bertz CT molecular complexity index is 333. The molecule has 0 aromatic carbocycles. The minimum absolute atomic E-state index is 0.00757. The zero-order chi connectivity index (χ0) is 14.1. The molecular weight excluding hydrogens is 244 g/mol. The standard InChI is InChI=1S/C15H24O4/c1-3-19-13-10-12(14(16)11-13)8-6-4-5-7-9-15(17)18-2/h10,13H,3-9,11H2,1-2H3. The molecule has 1 rings (SSSR count). The highest BCUT2D eigenvalue weighted by molar-refractivity contribution is 5.98. The Morgan fingerprint density at radius 1 is 1.32 bits per heavy atom. The van der Waals surface area contributed by atoms with Gasteiger partial charge in [-0.3, -0.25) is 9.59 Å². The van der Waals surface area contributed by atoms with Crippen LogP contribution in [0.4, 0.5) is 0 Å². The first-order chi connectivity index (χ1) is 9.17. The Morgan fingerprint density at radius 2 is 2.05 bits per heavy atom. The molecule has 1 unspecified atom stereocenters. The van der Waals surface area contributed by atoms with Crippen molar-refractivity contribution < 1.29 is 19.1 Å². The number of ether oxygens (including phenoxy) is 2. The monoisotopic (exact) mass is 268 g/mol. The Balaban J connectivity index is 2.10. The zero-order valence-corrected chi connectivity index (χ0v) is 11.9. The highest BCUT2D eigenvalue weighted by Gasteiger charge is 2.23. The molecule has 0 N–H and O–H groups in total. The van der Waals surface area contributed by atoms with E-state index >= 15 is 0 Å². The summed E-state index contributed by atoms with van der Waals surface area (Å²) < 4.78 is 10.0. The van der Waals surface area contributed by atoms with Gasteiger partial charge in [-0.15, -0.1) is 0 Å². The molecule has 1 atom stereocenters. The van der Waals surface area contributed by atoms with E-state index in [-0.39, 0.29) is 17.9 Å². The number of hydrogen-bond acceptors (Lipinski definition) is 4. The van der Waals surface area contributed by atoms with E-state index < -0.39 is 0 Å². The molecule has 4 heteroatoms. The van der Waals surface area contributed by atoms with Gasteiger partial charge in [0.05, 0.1) is 13.2 Å². The first-order valence-electron chi connectivity index (χ1n) is 7.09. The molecule has 0 spiro atoms. The van der Waals surface area contributed by atoms with Crippen LogP contribution >= 0.6 is 0 Å². The minimum atomic E-state index is -0.145. The molecule has 0 aromatic heterocycles. The average molecular weight is 268 g/mol. The summed E-state index contributed by atoms with van der Waals surface area (Å²) in [6, 6.07) is 0. The summed E-state index contributed by atoms with van der Waals surface area (Å²) in [6.45, 7) is 2.59.